The van der Waals surface area contributed by atoms with Crippen molar-refractivity contribution in [3.8, 4) is 0 Å². The quantitative estimate of drug-likeness (QED) is 0.732. The third-order valence-electron chi connectivity index (χ3n) is 3.37. The molecule has 1 atom stereocenters. The fourth-order valence-electron chi connectivity index (χ4n) is 2.58. The molecule has 1 heterocycles. The summed E-state index contributed by atoms with van der Waals surface area (Å²) < 4.78 is 0. The number of rotatable bonds is 5. The van der Waals surface area contributed by atoms with E-state index in [1.807, 2.05) is 25.1 Å². The second kappa shape index (κ2) is 5.67. The summed E-state index contributed by atoms with van der Waals surface area (Å²) in [5.41, 5.74) is 6.99. The molecule has 2 rings (SSSR count). The van der Waals surface area contributed by atoms with Crippen LogP contribution >= 0.6 is 0 Å². The number of fused-ring (bicyclic) bond motifs is 1. The van der Waals surface area contributed by atoms with Crippen molar-refractivity contribution >= 4 is 22.1 Å². The van der Waals surface area contributed by atoms with Gasteiger partial charge in [-0.1, -0.05) is 19.9 Å². The van der Waals surface area contributed by atoms with Gasteiger partial charge in [0.15, 0.2) is 0 Å². The molecule has 4 N–H and O–H groups in total. The molecular formula is C16H23N3O. The van der Waals surface area contributed by atoms with Crippen molar-refractivity contribution in [3.05, 3.63) is 30.6 Å². The van der Waals surface area contributed by atoms with Gasteiger partial charge in [-0.25, -0.2) is 0 Å². The first-order valence-electron chi connectivity index (χ1n) is 6.97. The van der Waals surface area contributed by atoms with E-state index in [1.165, 1.54) is 0 Å². The van der Waals surface area contributed by atoms with Crippen molar-refractivity contribution in [1.82, 2.24) is 4.98 Å². The van der Waals surface area contributed by atoms with Gasteiger partial charge in [0.05, 0.1) is 17.0 Å². The molecule has 108 valence electrons. The summed E-state index contributed by atoms with van der Waals surface area (Å²) in [4.78, 5) is 4.09. The van der Waals surface area contributed by atoms with Crippen LogP contribution in [-0.2, 0) is 0 Å². The molecule has 0 amide bonds. The molecule has 4 nitrogen and oxygen atoms in total. The lowest BCUT2D eigenvalue weighted by atomic mass is 9.94. The Hall–Kier alpha value is -1.81. The summed E-state index contributed by atoms with van der Waals surface area (Å²) in [6, 6.07) is 5.82. The molecule has 0 aliphatic carbocycles. The summed E-state index contributed by atoms with van der Waals surface area (Å²) in [6.07, 6.45) is 4.28. The lowest BCUT2D eigenvalue weighted by Gasteiger charge is -2.26. The first-order valence-corrected chi connectivity index (χ1v) is 6.97. The maximum Gasteiger partial charge on any atom is 0.0793 e. The second-order valence-electron chi connectivity index (χ2n) is 6.07. The number of hydrogen-bond acceptors (Lipinski definition) is 4. The number of nitrogens with one attached hydrogen (secondary N) is 1. The number of aromatic nitrogens is 1. The van der Waals surface area contributed by atoms with Crippen LogP contribution < -0.4 is 11.1 Å². The Morgan fingerprint density at radius 2 is 2.10 bits per heavy atom. The lowest BCUT2D eigenvalue weighted by Crippen LogP contribution is -2.35. The summed E-state index contributed by atoms with van der Waals surface area (Å²) in [5.74, 6) is 0.451. The summed E-state index contributed by atoms with van der Waals surface area (Å²) in [7, 11) is 0. The van der Waals surface area contributed by atoms with E-state index in [0.29, 0.717) is 18.2 Å². The molecule has 1 unspecified atom stereocenters. The van der Waals surface area contributed by atoms with Gasteiger partial charge in [0.1, 0.15) is 0 Å². The minimum atomic E-state index is -0.742. The molecule has 0 saturated heterocycles. The molecule has 0 aliphatic heterocycles. The molecule has 0 fully saturated rings. The van der Waals surface area contributed by atoms with E-state index in [2.05, 4.69) is 24.1 Å². The highest BCUT2D eigenvalue weighted by Gasteiger charge is 2.21. The molecule has 0 spiro atoms. The molecule has 2 aromatic rings. The predicted molar refractivity (Wildman–Crippen MR) is 84.7 cm³/mol. The van der Waals surface area contributed by atoms with Crippen LogP contribution in [0.15, 0.2) is 30.6 Å². The number of anilines is 2. The highest BCUT2D eigenvalue weighted by Crippen LogP contribution is 2.28. The Balaban J connectivity index is 2.16. The third-order valence-corrected chi connectivity index (χ3v) is 3.37. The number of nitrogens with zero attached hydrogens (tertiary/aromatic N) is 1. The van der Waals surface area contributed by atoms with Crippen LogP contribution in [-0.4, -0.2) is 22.2 Å². The van der Waals surface area contributed by atoms with E-state index in [9.17, 15) is 5.11 Å². The van der Waals surface area contributed by atoms with E-state index >= 15 is 0 Å². The van der Waals surface area contributed by atoms with Crippen LogP contribution in [0.2, 0.25) is 0 Å². The maximum absolute atomic E-state index is 10.3. The number of pyridine rings is 1. The number of nitrogens with two attached hydrogens (primary N) is 1. The van der Waals surface area contributed by atoms with Gasteiger partial charge in [-0.05, 0) is 31.4 Å². The molecule has 4 heteroatoms. The summed E-state index contributed by atoms with van der Waals surface area (Å²) >= 11 is 0. The van der Waals surface area contributed by atoms with Gasteiger partial charge in [-0.3, -0.25) is 4.98 Å². The summed E-state index contributed by atoms with van der Waals surface area (Å²) in [6.45, 7) is 6.53. The fraction of sp³-hybridized carbons (Fsp3) is 0.438. The molecule has 0 bridgehead atoms. The first kappa shape index (κ1) is 14.6. The number of benzene rings is 1. The Morgan fingerprint density at radius 1 is 1.35 bits per heavy atom. The van der Waals surface area contributed by atoms with Crippen molar-refractivity contribution in [2.75, 3.05) is 17.6 Å². The number of hydrogen-bond donors (Lipinski definition) is 3. The average Bonchev–Trinajstić information content (AvgIpc) is 2.37. The zero-order valence-corrected chi connectivity index (χ0v) is 12.4. The van der Waals surface area contributed by atoms with Crippen molar-refractivity contribution in [2.45, 2.75) is 32.8 Å². The standard InChI is InChI=1S/C16H23N3O/c1-11(2)8-16(3,20)10-19-14-5-4-12-9-18-7-6-13(12)15(14)17/h4-7,9,11,19-20H,8,10,17H2,1-3H3. The van der Waals surface area contributed by atoms with Gasteiger partial charge >= 0.3 is 0 Å². The summed E-state index contributed by atoms with van der Waals surface area (Å²) in [5, 5.41) is 15.6. The van der Waals surface area contributed by atoms with Crippen LogP contribution in [0.3, 0.4) is 0 Å². The predicted octanol–water partition coefficient (Wildman–Crippen LogP) is 3.03. The van der Waals surface area contributed by atoms with Gasteiger partial charge in [-0.2, -0.15) is 0 Å². The highest BCUT2D eigenvalue weighted by atomic mass is 16.3. The number of nitrogen functional groups attached to an aromatic ring is 1. The maximum atomic E-state index is 10.3. The zero-order chi connectivity index (χ0) is 14.8. The Kier molecular flexibility index (Phi) is 4.14. The van der Waals surface area contributed by atoms with Gasteiger partial charge in [0, 0.05) is 29.7 Å². The van der Waals surface area contributed by atoms with Gasteiger partial charge < -0.3 is 16.2 Å². The van der Waals surface area contributed by atoms with E-state index in [1.54, 1.807) is 12.4 Å². The van der Waals surface area contributed by atoms with Crippen molar-refractivity contribution in [2.24, 2.45) is 5.92 Å². The van der Waals surface area contributed by atoms with Crippen molar-refractivity contribution in [1.29, 1.82) is 0 Å². The first-order chi connectivity index (χ1) is 9.39. The topological polar surface area (TPSA) is 71.2 Å². The molecule has 20 heavy (non-hydrogen) atoms. The molecule has 1 aromatic carbocycles. The monoisotopic (exact) mass is 273 g/mol. The van der Waals surface area contributed by atoms with Crippen LogP contribution in [0.1, 0.15) is 27.2 Å². The molecule has 1 aromatic heterocycles. The second-order valence-corrected chi connectivity index (χ2v) is 6.07. The lowest BCUT2D eigenvalue weighted by molar-refractivity contribution is 0.0516. The van der Waals surface area contributed by atoms with E-state index in [-0.39, 0.29) is 0 Å². The van der Waals surface area contributed by atoms with Crippen LogP contribution in [0.25, 0.3) is 10.8 Å². The van der Waals surface area contributed by atoms with E-state index in [4.69, 9.17) is 5.73 Å². The Bertz CT molecular complexity index is 593. The van der Waals surface area contributed by atoms with Gasteiger partial charge in [0.25, 0.3) is 0 Å². The van der Waals surface area contributed by atoms with Gasteiger partial charge in [0.2, 0.25) is 0 Å². The average molecular weight is 273 g/mol. The largest absolute Gasteiger partial charge is 0.397 e. The fourth-order valence-corrected chi connectivity index (χ4v) is 2.58. The molecular weight excluding hydrogens is 250 g/mol. The Morgan fingerprint density at radius 3 is 2.80 bits per heavy atom. The SMILES string of the molecule is CC(C)CC(C)(O)CNc1ccc2cnccc2c1N. The smallest absolute Gasteiger partial charge is 0.0793 e. The minimum absolute atomic E-state index is 0.451. The molecule has 0 saturated carbocycles. The minimum Gasteiger partial charge on any atom is -0.397 e. The normalized spacial score (nSPS) is 14.4. The van der Waals surface area contributed by atoms with Crippen LogP contribution in [0, 0.1) is 5.92 Å². The van der Waals surface area contributed by atoms with Crippen LogP contribution in [0.5, 0.6) is 0 Å². The zero-order valence-electron chi connectivity index (χ0n) is 12.4. The highest BCUT2D eigenvalue weighted by molar-refractivity contribution is 5.98. The van der Waals surface area contributed by atoms with Crippen LogP contribution in [0.4, 0.5) is 11.4 Å². The van der Waals surface area contributed by atoms with Crippen molar-refractivity contribution in [3.63, 3.8) is 0 Å². The third kappa shape index (κ3) is 3.39. The molecule has 0 aliphatic rings. The Labute approximate surface area is 120 Å². The van der Waals surface area contributed by atoms with Crippen molar-refractivity contribution < 1.29 is 5.11 Å². The van der Waals surface area contributed by atoms with Gasteiger partial charge in [-0.15, -0.1) is 0 Å². The van der Waals surface area contributed by atoms with E-state index in [0.717, 1.165) is 22.9 Å². The van der Waals surface area contributed by atoms with E-state index < -0.39 is 5.60 Å². The number of aliphatic hydroxyl groups is 1. The molecule has 0 radical (unpaired) electrons.